The van der Waals surface area contributed by atoms with Crippen LogP contribution in [-0.2, 0) is 0 Å². The van der Waals surface area contributed by atoms with Gasteiger partial charge < -0.3 is 4.98 Å². The van der Waals surface area contributed by atoms with Gasteiger partial charge in [-0.05, 0) is 42.0 Å². The summed E-state index contributed by atoms with van der Waals surface area (Å²) in [5.74, 6) is -1.53. The zero-order valence-corrected chi connectivity index (χ0v) is 11.9. The van der Waals surface area contributed by atoms with Crippen molar-refractivity contribution in [3.63, 3.8) is 0 Å². The van der Waals surface area contributed by atoms with Crippen LogP contribution in [0.1, 0.15) is 11.4 Å². The Kier molecular flexibility index (Phi) is 3.73. The summed E-state index contributed by atoms with van der Waals surface area (Å²) >= 11 is 5.84. The zero-order valence-electron chi connectivity index (χ0n) is 11.1. The summed E-state index contributed by atoms with van der Waals surface area (Å²) in [6.07, 6.45) is 3.05. The van der Waals surface area contributed by atoms with Crippen molar-refractivity contribution in [2.24, 2.45) is 0 Å². The van der Waals surface area contributed by atoms with Gasteiger partial charge in [0.2, 0.25) is 0 Å². The molecular formula is C16H9ClF2N2O. The molecule has 0 unspecified atom stereocenters. The largest absolute Gasteiger partial charge is 0.306 e. The number of fused-ring (bicyclic) bond motifs is 1. The molecule has 0 bridgehead atoms. The standard InChI is InChI=1S/C16H9ClF2N2O/c17-10-3-5-14-11(8-10)16(22)21-15(20-14)6-2-9-1-4-12(18)13(19)7-9/h1-8H,(H,20,21,22). The molecule has 0 saturated carbocycles. The molecule has 110 valence electrons. The van der Waals surface area contributed by atoms with Crippen LogP contribution in [0, 0.1) is 11.6 Å². The molecule has 1 aromatic heterocycles. The average Bonchev–Trinajstić information content (AvgIpc) is 2.49. The van der Waals surface area contributed by atoms with Gasteiger partial charge in [-0.1, -0.05) is 23.7 Å². The quantitative estimate of drug-likeness (QED) is 0.775. The summed E-state index contributed by atoms with van der Waals surface area (Å²) in [5.41, 5.74) is 0.633. The summed E-state index contributed by atoms with van der Waals surface area (Å²) in [4.78, 5) is 18.8. The van der Waals surface area contributed by atoms with Crippen molar-refractivity contribution < 1.29 is 8.78 Å². The second kappa shape index (κ2) is 5.69. The van der Waals surface area contributed by atoms with Crippen LogP contribution in [0.3, 0.4) is 0 Å². The van der Waals surface area contributed by atoms with Crippen molar-refractivity contribution in [2.45, 2.75) is 0 Å². The number of rotatable bonds is 2. The summed E-state index contributed by atoms with van der Waals surface area (Å²) in [6, 6.07) is 8.33. The normalized spacial score (nSPS) is 11.4. The van der Waals surface area contributed by atoms with Crippen molar-refractivity contribution in [3.8, 4) is 0 Å². The highest BCUT2D eigenvalue weighted by Gasteiger charge is 2.03. The Labute approximate surface area is 128 Å². The van der Waals surface area contributed by atoms with E-state index in [0.29, 0.717) is 27.3 Å². The van der Waals surface area contributed by atoms with E-state index in [-0.39, 0.29) is 5.56 Å². The third-order valence-corrected chi connectivity index (χ3v) is 3.30. The molecule has 0 aliphatic carbocycles. The summed E-state index contributed by atoms with van der Waals surface area (Å²) < 4.78 is 26.0. The van der Waals surface area contributed by atoms with E-state index in [2.05, 4.69) is 9.97 Å². The van der Waals surface area contributed by atoms with Gasteiger partial charge in [0.15, 0.2) is 11.6 Å². The molecule has 0 spiro atoms. The van der Waals surface area contributed by atoms with Gasteiger partial charge in [-0.15, -0.1) is 0 Å². The number of aromatic amines is 1. The highest BCUT2D eigenvalue weighted by atomic mass is 35.5. The van der Waals surface area contributed by atoms with Gasteiger partial charge in [0.1, 0.15) is 5.82 Å². The van der Waals surface area contributed by atoms with Crippen LogP contribution in [0.15, 0.2) is 41.2 Å². The van der Waals surface area contributed by atoms with E-state index < -0.39 is 11.6 Å². The smallest absolute Gasteiger partial charge is 0.259 e. The van der Waals surface area contributed by atoms with Crippen molar-refractivity contribution in [2.75, 3.05) is 0 Å². The first-order chi connectivity index (χ1) is 10.5. The van der Waals surface area contributed by atoms with Crippen LogP contribution in [-0.4, -0.2) is 9.97 Å². The third-order valence-electron chi connectivity index (χ3n) is 3.06. The van der Waals surface area contributed by atoms with Gasteiger partial charge in [0.05, 0.1) is 10.9 Å². The molecule has 0 atom stereocenters. The lowest BCUT2D eigenvalue weighted by Gasteiger charge is -2.00. The lowest BCUT2D eigenvalue weighted by Crippen LogP contribution is -2.09. The fraction of sp³-hybridized carbons (Fsp3) is 0. The summed E-state index contributed by atoms with van der Waals surface area (Å²) in [7, 11) is 0. The predicted octanol–water partition coefficient (Wildman–Crippen LogP) is 4.03. The van der Waals surface area contributed by atoms with Crippen LogP contribution < -0.4 is 5.56 Å². The van der Waals surface area contributed by atoms with Gasteiger partial charge in [-0.3, -0.25) is 4.79 Å². The zero-order chi connectivity index (χ0) is 15.7. The van der Waals surface area contributed by atoms with Crippen LogP contribution in [0.4, 0.5) is 8.78 Å². The first-order valence-electron chi connectivity index (χ1n) is 6.36. The van der Waals surface area contributed by atoms with Crippen molar-refractivity contribution in [1.29, 1.82) is 0 Å². The Bertz CT molecular complexity index is 951. The van der Waals surface area contributed by atoms with Crippen molar-refractivity contribution >= 4 is 34.7 Å². The van der Waals surface area contributed by atoms with E-state index in [1.54, 1.807) is 12.1 Å². The molecule has 3 rings (SSSR count). The minimum atomic E-state index is -0.934. The van der Waals surface area contributed by atoms with E-state index in [9.17, 15) is 13.6 Å². The first kappa shape index (κ1) is 14.4. The third kappa shape index (κ3) is 2.89. The molecule has 0 aliphatic rings. The topological polar surface area (TPSA) is 45.8 Å². The molecule has 0 saturated heterocycles. The molecule has 0 radical (unpaired) electrons. The van der Waals surface area contributed by atoms with Crippen LogP contribution in [0.5, 0.6) is 0 Å². The number of halogens is 3. The minimum Gasteiger partial charge on any atom is -0.306 e. The number of benzene rings is 2. The monoisotopic (exact) mass is 318 g/mol. The number of aromatic nitrogens is 2. The molecule has 3 aromatic rings. The Hall–Kier alpha value is -2.53. The maximum atomic E-state index is 13.1. The molecule has 1 heterocycles. The van der Waals surface area contributed by atoms with Crippen LogP contribution >= 0.6 is 11.6 Å². The average molecular weight is 319 g/mol. The number of nitrogens with zero attached hydrogens (tertiary/aromatic N) is 1. The lowest BCUT2D eigenvalue weighted by atomic mass is 10.2. The maximum Gasteiger partial charge on any atom is 0.259 e. The Morgan fingerprint density at radius 1 is 1.05 bits per heavy atom. The molecule has 0 amide bonds. The van der Waals surface area contributed by atoms with Crippen molar-refractivity contribution in [3.05, 3.63) is 74.8 Å². The van der Waals surface area contributed by atoms with E-state index >= 15 is 0 Å². The second-order valence-electron chi connectivity index (χ2n) is 4.62. The molecular weight excluding hydrogens is 310 g/mol. The Balaban J connectivity index is 2.00. The molecule has 22 heavy (non-hydrogen) atoms. The Morgan fingerprint density at radius 2 is 1.86 bits per heavy atom. The van der Waals surface area contributed by atoms with Crippen LogP contribution in [0.25, 0.3) is 23.1 Å². The van der Waals surface area contributed by atoms with Crippen molar-refractivity contribution in [1.82, 2.24) is 9.97 Å². The second-order valence-corrected chi connectivity index (χ2v) is 5.06. The molecule has 2 aromatic carbocycles. The van der Waals surface area contributed by atoms with Gasteiger partial charge in [-0.25, -0.2) is 13.8 Å². The van der Waals surface area contributed by atoms with Gasteiger partial charge in [-0.2, -0.15) is 0 Å². The van der Waals surface area contributed by atoms with E-state index in [0.717, 1.165) is 12.1 Å². The fourth-order valence-corrected chi connectivity index (χ4v) is 2.17. The predicted molar refractivity (Wildman–Crippen MR) is 82.7 cm³/mol. The molecule has 0 fully saturated rings. The Morgan fingerprint density at radius 3 is 2.64 bits per heavy atom. The van der Waals surface area contributed by atoms with E-state index in [1.165, 1.54) is 24.3 Å². The number of hydrogen-bond donors (Lipinski definition) is 1. The SMILES string of the molecule is O=c1[nH]c(C=Cc2ccc(F)c(F)c2)nc2ccc(Cl)cc12. The summed E-state index contributed by atoms with van der Waals surface area (Å²) in [6.45, 7) is 0. The van der Waals surface area contributed by atoms with Gasteiger partial charge >= 0.3 is 0 Å². The number of nitrogens with one attached hydrogen (secondary N) is 1. The molecule has 1 N–H and O–H groups in total. The van der Waals surface area contributed by atoms with Gasteiger partial charge in [0, 0.05) is 5.02 Å². The van der Waals surface area contributed by atoms with E-state index in [1.807, 2.05) is 0 Å². The fourth-order valence-electron chi connectivity index (χ4n) is 2.00. The highest BCUT2D eigenvalue weighted by Crippen LogP contribution is 2.15. The van der Waals surface area contributed by atoms with E-state index in [4.69, 9.17) is 11.6 Å². The summed E-state index contributed by atoms with van der Waals surface area (Å²) in [5, 5.41) is 0.836. The molecule has 6 heteroatoms. The highest BCUT2D eigenvalue weighted by molar-refractivity contribution is 6.31. The first-order valence-corrected chi connectivity index (χ1v) is 6.73. The van der Waals surface area contributed by atoms with Gasteiger partial charge in [0.25, 0.3) is 5.56 Å². The number of H-pyrrole nitrogens is 1. The molecule has 3 nitrogen and oxygen atoms in total. The lowest BCUT2D eigenvalue weighted by molar-refractivity contribution is 0.508. The minimum absolute atomic E-state index is 0.310. The molecule has 0 aliphatic heterocycles. The maximum absolute atomic E-state index is 13.1. The van der Waals surface area contributed by atoms with Crippen LogP contribution in [0.2, 0.25) is 5.02 Å². The number of hydrogen-bond acceptors (Lipinski definition) is 2.